The first-order chi connectivity index (χ1) is 9.69. The number of alkyl halides is 1. The first-order valence-corrected chi connectivity index (χ1v) is 8.46. The number of halogens is 2. The Labute approximate surface area is 132 Å². The second-order valence-corrected chi connectivity index (χ2v) is 5.72. The largest absolute Gasteiger partial charge is 0.367 e. The fraction of sp³-hybridized carbons (Fsp3) is 0.733. The zero-order valence-electron chi connectivity index (χ0n) is 12.5. The number of hydrogen-bond acceptors (Lipinski definition) is 3. The molecule has 0 aliphatic carbocycles. The van der Waals surface area contributed by atoms with Crippen LogP contribution in [-0.2, 0) is 6.42 Å². The zero-order valence-corrected chi connectivity index (χ0v) is 14.0. The summed E-state index contributed by atoms with van der Waals surface area (Å²) in [5.41, 5.74) is 0.976. The first kappa shape index (κ1) is 17.5. The predicted octanol–water partition coefficient (Wildman–Crippen LogP) is 5.07. The van der Waals surface area contributed by atoms with Crippen molar-refractivity contribution in [1.29, 1.82) is 0 Å². The molecule has 1 unspecified atom stereocenters. The molecule has 0 aliphatic heterocycles. The van der Waals surface area contributed by atoms with E-state index in [1.54, 1.807) is 0 Å². The van der Waals surface area contributed by atoms with Crippen molar-refractivity contribution in [3.05, 3.63) is 17.0 Å². The van der Waals surface area contributed by atoms with Gasteiger partial charge in [-0.15, -0.1) is 11.6 Å². The van der Waals surface area contributed by atoms with Crippen molar-refractivity contribution >= 4 is 29.0 Å². The fourth-order valence-electron chi connectivity index (χ4n) is 2.15. The molecule has 0 fully saturated rings. The van der Waals surface area contributed by atoms with Gasteiger partial charge in [0.05, 0.1) is 0 Å². The van der Waals surface area contributed by atoms with Gasteiger partial charge in [-0.3, -0.25) is 0 Å². The van der Waals surface area contributed by atoms with E-state index in [0.717, 1.165) is 43.1 Å². The third-order valence-electron chi connectivity index (χ3n) is 3.40. The number of hydrogen-bond donors (Lipinski definition) is 1. The molecule has 0 aliphatic rings. The van der Waals surface area contributed by atoms with Crippen LogP contribution in [-0.4, -0.2) is 21.9 Å². The van der Waals surface area contributed by atoms with Crippen LogP contribution in [0.5, 0.6) is 0 Å². The molecule has 3 nitrogen and oxygen atoms in total. The van der Waals surface area contributed by atoms with E-state index >= 15 is 0 Å². The number of unbranched alkanes of at least 4 members (excludes halogenated alkanes) is 3. The van der Waals surface area contributed by atoms with E-state index in [4.69, 9.17) is 23.2 Å². The van der Waals surface area contributed by atoms with Gasteiger partial charge >= 0.3 is 0 Å². The Kier molecular flexibility index (Phi) is 8.95. The monoisotopic (exact) mass is 317 g/mol. The fourth-order valence-corrected chi connectivity index (χ4v) is 2.54. The van der Waals surface area contributed by atoms with Crippen LogP contribution < -0.4 is 5.32 Å². The maximum atomic E-state index is 5.94. The van der Waals surface area contributed by atoms with Gasteiger partial charge in [-0.1, -0.05) is 33.1 Å². The number of nitrogens with zero attached hydrogens (tertiary/aromatic N) is 2. The molecule has 1 aromatic rings. The molecule has 20 heavy (non-hydrogen) atoms. The summed E-state index contributed by atoms with van der Waals surface area (Å²) in [6.45, 7) is 4.26. The van der Waals surface area contributed by atoms with Crippen molar-refractivity contribution in [3.63, 3.8) is 0 Å². The molecular formula is C15H25Cl2N3. The summed E-state index contributed by atoms with van der Waals surface area (Å²) >= 11 is 11.6. The predicted molar refractivity (Wildman–Crippen MR) is 87.9 cm³/mol. The number of rotatable bonds is 10. The smallest absolute Gasteiger partial charge is 0.224 e. The number of anilines is 1. The van der Waals surface area contributed by atoms with E-state index < -0.39 is 0 Å². The molecule has 0 spiro atoms. The van der Waals surface area contributed by atoms with Crippen molar-refractivity contribution < 1.29 is 0 Å². The van der Waals surface area contributed by atoms with Gasteiger partial charge in [0.1, 0.15) is 5.82 Å². The SMILES string of the molecule is CCc1cc(NC(CC)CCCCCCCl)nc(Cl)n1. The van der Waals surface area contributed by atoms with Gasteiger partial charge in [-0.25, -0.2) is 9.97 Å². The Bertz CT molecular complexity index is 385. The second-order valence-electron chi connectivity index (χ2n) is 5.01. The summed E-state index contributed by atoms with van der Waals surface area (Å²) in [4.78, 5) is 8.44. The summed E-state index contributed by atoms with van der Waals surface area (Å²) in [6, 6.07) is 2.43. The lowest BCUT2D eigenvalue weighted by Crippen LogP contribution is -2.19. The van der Waals surface area contributed by atoms with Crippen molar-refractivity contribution in [3.8, 4) is 0 Å². The maximum absolute atomic E-state index is 5.94. The van der Waals surface area contributed by atoms with Crippen LogP contribution in [0.3, 0.4) is 0 Å². The lowest BCUT2D eigenvalue weighted by atomic mass is 10.1. The Hall–Kier alpha value is -0.540. The van der Waals surface area contributed by atoms with E-state index in [1.165, 1.54) is 19.3 Å². The van der Waals surface area contributed by atoms with Crippen LogP contribution in [0.4, 0.5) is 5.82 Å². The normalized spacial score (nSPS) is 12.4. The van der Waals surface area contributed by atoms with E-state index in [2.05, 4.69) is 29.1 Å². The number of nitrogens with one attached hydrogen (secondary N) is 1. The van der Waals surface area contributed by atoms with Crippen molar-refractivity contribution in [2.45, 2.75) is 64.8 Å². The lowest BCUT2D eigenvalue weighted by Gasteiger charge is -2.18. The van der Waals surface area contributed by atoms with E-state index in [0.29, 0.717) is 11.3 Å². The molecule has 114 valence electrons. The molecule has 0 radical (unpaired) electrons. The van der Waals surface area contributed by atoms with E-state index in [1.807, 2.05) is 6.07 Å². The Morgan fingerprint density at radius 1 is 1.15 bits per heavy atom. The van der Waals surface area contributed by atoms with E-state index in [9.17, 15) is 0 Å². The zero-order chi connectivity index (χ0) is 14.8. The minimum Gasteiger partial charge on any atom is -0.367 e. The maximum Gasteiger partial charge on any atom is 0.224 e. The highest BCUT2D eigenvalue weighted by atomic mass is 35.5. The van der Waals surface area contributed by atoms with Gasteiger partial charge in [0.2, 0.25) is 5.28 Å². The van der Waals surface area contributed by atoms with Crippen LogP contribution in [0.1, 0.15) is 58.1 Å². The minimum atomic E-state index is 0.323. The summed E-state index contributed by atoms with van der Waals surface area (Å²) < 4.78 is 0. The van der Waals surface area contributed by atoms with Crippen LogP contribution in [0.15, 0.2) is 6.07 Å². The van der Waals surface area contributed by atoms with Gasteiger partial charge in [-0.05, 0) is 37.3 Å². The highest BCUT2D eigenvalue weighted by Crippen LogP contribution is 2.16. The summed E-state index contributed by atoms with van der Waals surface area (Å²) in [5.74, 6) is 1.61. The van der Waals surface area contributed by atoms with Gasteiger partial charge in [0.25, 0.3) is 0 Å². The number of aromatic nitrogens is 2. The third-order valence-corrected chi connectivity index (χ3v) is 3.83. The number of aryl methyl sites for hydroxylation is 1. The standard InChI is InChI=1S/C15H25Cl2N3/c1-3-12(9-7-5-6-8-10-16)18-14-11-13(4-2)19-15(17)20-14/h11-12H,3-10H2,1-2H3,(H,18,19,20). The van der Waals surface area contributed by atoms with Crippen LogP contribution in [0, 0.1) is 0 Å². The molecule has 0 amide bonds. The average molecular weight is 318 g/mol. The molecule has 0 saturated carbocycles. The minimum absolute atomic E-state index is 0.323. The lowest BCUT2D eigenvalue weighted by molar-refractivity contribution is 0.560. The Morgan fingerprint density at radius 3 is 2.55 bits per heavy atom. The van der Waals surface area contributed by atoms with Crippen molar-refractivity contribution in [2.75, 3.05) is 11.2 Å². The highest BCUT2D eigenvalue weighted by Gasteiger charge is 2.08. The van der Waals surface area contributed by atoms with Crippen molar-refractivity contribution in [2.24, 2.45) is 0 Å². The molecule has 0 aromatic carbocycles. The Balaban J connectivity index is 2.44. The third kappa shape index (κ3) is 6.76. The van der Waals surface area contributed by atoms with Crippen LogP contribution in [0.25, 0.3) is 0 Å². The van der Waals surface area contributed by atoms with Gasteiger partial charge in [-0.2, -0.15) is 0 Å². The summed E-state index contributed by atoms with van der Waals surface area (Å²) in [7, 11) is 0. The average Bonchev–Trinajstić information content (AvgIpc) is 2.45. The molecule has 1 N–H and O–H groups in total. The molecule has 1 heterocycles. The Morgan fingerprint density at radius 2 is 1.90 bits per heavy atom. The molecule has 0 saturated heterocycles. The van der Waals surface area contributed by atoms with Gasteiger partial charge in [0, 0.05) is 23.7 Å². The molecule has 1 rings (SSSR count). The second kappa shape index (κ2) is 10.2. The molecule has 5 heteroatoms. The molecule has 1 aromatic heterocycles. The van der Waals surface area contributed by atoms with Crippen LogP contribution >= 0.6 is 23.2 Å². The summed E-state index contributed by atoms with van der Waals surface area (Å²) in [6.07, 6.45) is 7.91. The first-order valence-electron chi connectivity index (χ1n) is 7.55. The molecule has 1 atom stereocenters. The van der Waals surface area contributed by atoms with Crippen LogP contribution in [0.2, 0.25) is 5.28 Å². The highest BCUT2D eigenvalue weighted by molar-refractivity contribution is 6.28. The molecule has 0 bridgehead atoms. The van der Waals surface area contributed by atoms with Gasteiger partial charge < -0.3 is 5.32 Å². The van der Waals surface area contributed by atoms with Crippen molar-refractivity contribution in [1.82, 2.24) is 9.97 Å². The van der Waals surface area contributed by atoms with Gasteiger partial charge in [0.15, 0.2) is 0 Å². The summed E-state index contributed by atoms with van der Waals surface area (Å²) in [5, 5.41) is 3.80. The molecular weight excluding hydrogens is 293 g/mol. The van der Waals surface area contributed by atoms with E-state index in [-0.39, 0.29) is 0 Å². The topological polar surface area (TPSA) is 37.8 Å². The quantitative estimate of drug-likeness (QED) is 0.372.